The Bertz CT molecular complexity index is 296. The Balaban J connectivity index is 2.78. The Morgan fingerprint density at radius 3 is 2.47 bits per heavy atom. The highest BCUT2D eigenvalue weighted by Crippen LogP contribution is 2.19. The third-order valence-electron chi connectivity index (χ3n) is 2.77. The fourth-order valence-electron chi connectivity index (χ4n) is 1.74. The van der Waals surface area contributed by atoms with Crippen LogP contribution in [0.15, 0.2) is 24.3 Å². The van der Waals surface area contributed by atoms with E-state index >= 15 is 0 Å². The molecule has 0 aliphatic carbocycles. The number of aliphatic hydroxyl groups excluding tert-OH is 1. The molecule has 0 aliphatic rings. The van der Waals surface area contributed by atoms with Crippen LogP contribution in [0.5, 0.6) is 0 Å². The lowest BCUT2D eigenvalue weighted by Gasteiger charge is -2.23. The Labute approximate surface area is 92.3 Å². The number of rotatable bonds is 5. The summed E-state index contributed by atoms with van der Waals surface area (Å²) in [5.74, 6) is 0.599. The van der Waals surface area contributed by atoms with E-state index in [1.165, 1.54) is 0 Å². The average molecular weight is 207 g/mol. The van der Waals surface area contributed by atoms with E-state index in [0.29, 0.717) is 12.0 Å². The van der Waals surface area contributed by atoms with Gasteiger partial charge in [0.25, 0.3) is 0 Å². The summed E-state index contributed by atoms with van der Waals surface area (Å²) in [5.41, 5.74) is 2.03. The third kappa shape index (κ3) is 3.24. The summed E-state index contributed by atoms with van der Waals surface area (Å²) in [5, 5.41) is 12.7. The molecule has 2 N–H and O–H groups in total. The first-order valence-corrected chi connectivity index (χ1v) is 5.64. The molecule has 84 valence electrons. The van der Waals surface area contributed by atoms with Gasteiger partial charge in [-0.05, 0) is 18.4 Å². The van der Waals surface area contributed by atoms with Gasteiger partial charge in [-0.25, -0.2) is 0 Å². The Morgan fingerprint density at radius 2 is 1.93 bits per heavy atom. The van der Waals surface area contributed by atoms with Crippen molar-refractivity contribution in [3.05, 3.63) is 29.8 Å². The van der Waals surface area contributed by atoms with Crippen LogP contribution in [-0.4, -0.2) is 11.1 Å². The molecule has 1 aromatic rings. The lowest BCUT2D eigenvalue weighted by Crippen LogP contribution is -2.25. The molecule has 15 heavy (non-hydrogen) atoms. The summed E-state index contributed by atoms with van der Waals surface area (Å²) in [6, 6.07) is 8.39. The van der Waals surface area contributed by atoms with Crippen LogP contribution in [0, 0.1) is 5.92 Å². The van der Waals surface area contributed by atoms with Crippen LogP contribution in [-0.2, 0) is 6.61 Å². The fourth-order valence-corrected chi connectivity index (χ4v) is 1.74. The number of benzene rings is 1. The van der Waals surface area contributed by atoms with E-state index in [9.17, 15) is 5.11 Å². The maximum Gasteiger partial charge on any atom is 0.0701 e. The van der Waals surface area contributed by atoms with Crippen molar-refractivity contribution >= 4 is 5.69 Å². The number of hydrogen-bond acceptors (Lipinski definition) is 2. The lowest BCUT2D eigenvalue weighted by molar-refractivity contribution is 0.282. The highest BCUT2D eigenvalue weighted by molar-refractivity contribution is 5.51. The number of nitrogens with one attached hydrogen (secondary N) is 1. The molecule has 0 bridgehead atoms. The third-order valence-corrected chi connectivity index (χ3v) is 2.77. The maximum absolute atomic E-state index is 9.20. The van der Waals surface area contributed by atoms with Gasteiger partial charge in [0.05, 0.1) is 6.61 Å². The number of aliphatic hydroxyl groups is 1. The van der Waals surface area contributed by atoms with Gasteiger partial charge in [-0.2, -0.15) is 0 Å². The highest BCUT2D eigenvalue weighted by Gasteiger charge is 2.11. The minimum atomic E-state index is 0.0949. The van der Waals surface area contributed by atoms with Gasteiger partial charge in [0.2, 0.25) is 0 Å². The van der Waals surface area contributed by atoms with Crippen LogP contribution in [0.4, 0.5) is 5.69 Å². The van der Waals surface area contributed by atoms with Crippen molar-refractivity contribution in [2.24, 2.45) is 5.92 Å². The van der Waals surface area contributed by atoms with Gasteiger partial charge in [-0.3, -0.25) is 0 Å². The molecule has 1 atom stereocenters. The van der Waals surface area contributed by atoms with Gasteiger partial charge in [-0.15, -0.1) is 0 Å². The second-order valence-corrected chi connectivity index (χ2v) is 4.22. The van der Waals surface area contributed by atoms with Crippen molar-refractivity contribution in [1.29, 1.82) is 0 Å². The second kappa shape index (κ2) is 5.76. The molecule has 0 saturated heterocycles. The molecule has 2 heteroatoms. The van der Waals surface area contributed by atoms with E-state index in [2.05, 4.69) is 26.1 Å². The molecule has 2 nitrogen and oxygen atoms in total. The number of hydrogen-bond donors (Lipinski definition) is 2. The Kier molecular flexibility index (Phi) is 4.63. The van der Waals surface area contributed by atoms with Crippen molar-refractivity contribution in [2.75, 3.05) is 5.32 Å². The van der Waals surface area contributed by atoms with Crippen LogP contribution in [0.1, 0.15) is 32.8 Å². The quantitative estimate of drug-likeness (QED) is 0.778. The van der Waals surface area contributed by atoms with E-state index in [0.717, 1.165) is 17.7 Å². The van der Waals surface area contributed by atoms with E-state index < -0.39 is 0 Å². The molecular weight excluding hydrogens is 186 g/mol. The summed E-state index contributed by atoms with van der Waals surface area (Å²) in [6.07, 6.45) is 1.09. The van der Waals surface area contributed by atoms with Crippen LogP contribution in [0.2, 0.25) is 0 Å². The first-order chi connectivity index (χ1) is 7.19. The Morgan fingerprint density at radius 1 is 1.27 bits per heavy atom. The van der Waals surface area contributed by atoms with Crippen LogP contribution >= 0.6 is 0 Å². The van der Waals surface area contributed by atoms with Crippen LogP contribution in [0.3, 0.4) is 0 Å². The molecule has 0 aliphatic heterocycles. The first kappa shape index (κ1) is 12.1. The predicted molar refractivity (Wildman–Crippen MR) is 64.9 cm³/mol. The zero-order chi connectivity index (χ0) is 11.3. The number of para-hydroxylation sites is 1. The van der Waals surface area contributed by atoms with Gasteiger partial charge in [0.1, 0.15) is 0 Å². The summed E-state index contributed by atoms with van der Waals surface area (Å²) in [6.45, 7) is 6.70. The van der Waals surface area contributed by atoms with Gasteiger partial charge in [0.15, 0.2) is 0 Å². The molecule has 0 saturated carbocycles. The molecular formula is C13H21NO. The molecule has 0 fully saturated rings. The molecule has 0 radical (unpaired) electrons. The standard InChI is InChI=1S/C13H21NO/c1-4-12(10(2)3)14-13-8-6-5-7-11(13)9-15/h5-8,10,12,14-15H,4,9H2,1-3H3/t12-/m0/s1. The molecule has 0 unspecified atom stereocenters. The number of anilines is 1. The van der Waals surface area contributed by atoms with E-state index in [-0.39, 0.29) is 6.61 Å². The van der Waals surface area contributed by atoms with Crippen molar-refractivity contribution in [1.82, 2.24) is 0 Å². The highest BCUT2D eigenvalue weighted by atomic mass is 16.3. The average Bonchev–Trinajstić information content (AvgIpc) is 2.25. The van der Waals surface area contributed by atoms with E-state index in [1.54, 1.807) is 0 Å². The minimum absolute atomic E-state index is 0.0949. The van der Waals surface area contributed by atoms with Gasteiger partial charge in [-0.1, -0.05) is 39.0 Å². The largest absolute Gasteiger partial charge is 0.392 e. The van der Waals surface area contributed by atoms with Gasteiger partial charge < -0.3 is 10.4 Å². The zero-order valence-corrected chi connectivity index (χ0v) is 9.83. The molecule has 1 rings (SSSR count). The van der Waals surface area contributed by atoms with E-state index in [1.807, 2.05) is 24.3 Å². The van der Waals surface area contributed by atoms with E-state index in [4.69, 9.17) is 0 Å². The van der Waals surface area contributed by atoms with Crippen molar-refractivity contribution in [2.45, 2.75) is 39.8 Å². The maximum atomic E-state index is 9.20. The van der Waals surface area contributed by atoms with Crippen molar-refractivity contribution in [3.8, 4) is 0 Å². The summed E-state index contributed by atoms with van der Waals surface area (Å²) >= 11 is 0. The predicted octanol–water partition coefficient (Wildman–Crippen LogP) is 3.03. The summed E-state index contributed by atoms with van der Waals surface area (Å²) in [4.78, 5) is 0. The monoisotopic (exact) mass is 207 g/mol. The van der Waals surface area contributed by atoms with Crippen LogP contribution in [0.25, 0.3) is 0 Å². The Hall–Kier alpha value is -1.02. The normalized spacial score (nSPS) is 12.9. The van der Waals surface area contributed by atoms with Crippen molar-refractivity contribution in [3.63, 3.8) is 0 Å². The SMILES string of the molecule is CC[C@H](Nc1ccccc1CO)C(C)C. The summed E-state index contributed by atoms with van der Waals surface area (Å²) < 4.78 is 0. The minimum Gasteiger partial charge on any atom is -0.392 e. The first-order valence-electron chi connectivity index (χ1n) is 5.64. The van der Waals surface area contributed by atoms with Crippen LogP contribution < -0.4 is 5.32 Å². The fraction of sp³-hybridized carbons (Fsp3) is 0.538. The molecule has 1 aromatic carbocycles. The molecule has 0 amide bonds. The zero-order valence-electron chi connectivity index (χ0n) is 9.83. The lowest BCUT2D eigenvalue weighted by atomic mass is 10.0. The molecule has 0 spiro atoms. The second-order valence-electron chi connectivity index (χ2n) is 4.22. The van der Waals surface area contributed by atoms with Crippen molar-refractivity contribution < 1.29 is 5.11 Å². The topological polar surface area (TPSA) is 32.3 Å². The summed E-state index contributed by atoms with van der Waals surface area (Å²) in [7, 11) is 0. The molecule has 0 heterocycles. The smallest absolute Gasteiger partial charge is 0.0701 e. The van der Waals surface area contributed by atoms with Gasteiger partial charge in [0, 0.05) is 17.3 Å². The molecule has 0 aromatic heterocycles. The van der Waals surface area contributed by atoms with Gasteiger partial charge >= 0.3 is 0 Å².